The van der Waals surface area contributed by atoms with Crippen LogP contribution < -0.4 is 14.2 Å². The Hall–Kier alpha value is -5.89. The van der Waals surface area contributed by atoms with Crippen LogP contribution >= 0.6 is 0 Å². The molecule has 4 atom stereocenters. The third-order valence-electron chi connectivity index (χ3n) is 12.8. The minimum Gasteiger partial charge on any atom is -0.490 e. The predicted octanol–water partition coefficient (Wildman–Crippen LogP) is 16.0. The van der Waals surface area contributed by atoms with Gasteiger partial charge in [-0.05, 0) is 125 Å². The van der Waals surface area contributed by atoms with E-state index in [-0.39, 0.29) is 41.3 Å². The Morgan fingerprint density at radius 3 is 1.53 bits per heavy atom. The number of rotatable bonds is 23. The molecule has 7 heteroatoms. The van der Waals surface area contributed by atoms with Crippen LogP contribution in [0.25, 0.3) is 22.3 Å². The fraction of sp³-hybridized carbons (Fsp3) is 0.413. The summed E-state index contributed by atoms with van der Waals surface area (Å²) in [5.41, 5.74) is 8.78. The summed E-state index contributed by atoms with van der Waals surface area (Å²) in [4.78, 5) is 12.3. The minimum atomic E-state index is -0.512. The quantitative estimate of drug-likeness (QED) is 0.0360. The first-order valence-electron chi connectivity index (χ1n) is 25.2. The van der Waals surface area contributed by atoms with Crippen LogP contribution in [0.15, 0.2) is 152 Å². The Morgan fingerprint density at radius 1 is 0.514 bits per heavy atom. The molecule has 0 saturated carbocycles. The average molecular weight is 947 g/mol. The van der Waals surface area contributed by atoms with Crippen LogP contribution in [0.3, 0.4) is 0 Å². The maximum absolute atomic E-state index is 12.3. The van der Waals surface area contributed by atoms with Crippen molar-refractivity contribution in [2.24, 2.45) is 22.2 Å². The van der Waals surface area contributed by atoms with Gasteiger partial charge in [0.25, 0.3) is 0 Å². The van der Waals surface area contributed by atoms with Crippen LogP contribution in [0.1, 0.15) is 128 Å². The van der Waals surface area contributed by atoms with E-state index in [9.17, 15) is 4.79 Å². The van der Waals surface area contributed by atoms with Crippen molar-refractivity contribution >= 4 is 5.97 Å². The Labute approximate surface area is 419 Å². The molecule has 70 heavy (non-hydrogen) atoms. The SMILES string of the molecule is CC(OCCOC(=O)c1ccccc1)Oc1ccc(C(C(C)(C)C)C(C)(C)Cc2ccc(-c3cccc(-c4ccccc4)c3OCCOC(C)Oc3ccc(C(CC(C)(C)C)C(C)C)cc3)cc2)cc1. The maximum Gasteiger partial charge on any atom is 0.338 e. The molecule has 6 aromatic carbocycles. The van der Waals surface area contributed by atoms with Gasteiger partial charge < -0.3 is 28.4 Å². The Morgan fingerprint density at radius 2 is 1.01 bits per heavy atom. The first-order valence-corrected chi connectivity index (χ1v) is 25.2. The zero-order valence-corrected chi connectivity index (χ0v) is 43.9. The van der Waals surface area contributed by atoms with Crippen LogP contribution in [0, 0.1) is 22.2 Å². The molecule has 0 aliphatic heterocycles. The highest BCUT2D eigenvalue weighted by Crippen LogP contribution is 2.50. The van der Waals surface area contributed by atoms with Gasteiger partial charge in [-0.3, -0.25) is 0 Å². The molecule has 6 rings (SSSR count). The summed E-state index contributed by atoms with van der Waals surface area (Å²) in [5, 5.41) is 0. The average Bonchev–Trinajstić information content (AvgIpc) is 3.31. The van der Waals surface area contributed by atoms with Gasteiger partial charge in [-0.1, -0.05) is 184 Å². The molecule has 4 unspecified atom stereocenters. The summed E-state index contributed by atoms with van der Waals surface area (Å²) in [7, 11) is 0. The number of ether oxygens (including phenoxy) is 6. The van der Waals surface area contributed by atoms with Crippen LogP contribution in [0.2, 0.25) is 0 Å². The van der Waals surface area contributed by atoms with Crippen molar-refractivity contribution in [3.05, 3.63) is 174 Å². The number of carbonyl (C=O) groups is 1. The molecule has 0 amide bonds. The van der Waals surface area contributed by atoms with Crippen LogP contribution in [0.5, 0.6) is 17.2 Å². The summed E-state index contributed by atoms with van der Waals surface area (Å²) in [6.07, 6.45) is 1.07. The van der Waals surface area contributed by atoms with E-state index in [1.165, 1.54) is 16.7 Å². The normalized spacial score (nSPS) is 13.8. The van der Waals surface area contributed by atoms with Gasteiger partial charge in [-0.2, -0.15) is 0 Å². The van der Waals surface area contributed by atoms with Gasteiger partial charge in [0.2, 0.25) is 0 Å². The Balaban J connectivity index is 1.08. The second-order valence-corrected chi connectivity index (χ2v) is 21.9. The van der Waals surface area contributed by atoms with Crippen LogP contribution in [-0.2, 0) is 20.6 Å². The molecule has 0 bridgehead atoms. The van der Waals surface area contributed by atoms with E-state index in [0.717, 1.165) is 52.3 Å². The second-order valence-electron chi connectivity index (χ2n) is 21.9. The third kappa shape index (κ3) is 15.6. The smallest absolute Gasteiger partial charge is 0.338 e. The summed E-state index contributed by atoms with van der Waals surface area (Å²) < 4.78 is 36.3. The molecule has 0 radical (unpaired) electrons. The Kier molecular flexibility index (Phi) is 18.6. The van der Waals surface area contributed by atoms with Crippen molar-refractivity contribution in [1.29, 1.82) is 0 Å². The third-order valence-corrected chi connectivity index (χ3v) is 12.8. The maximum atomic E-state index is 12.3. The molecule has 7 nitrogen and oxygen atoms in total. The standard InChI is InChI=1S/C63H78O7/c1-44(2)57(43-61(5,6)7)50-30-34-53(35-31-50)69-45(3)65-38-40-67-58-55(48-20-15-13-16-21-48)24-19-25-56(58)49-28-26-47(27-29-49)42-63(11,12)59(62(8,9)10)51-32-36-54(37-33-51)70-46(4)66-39-41-68-60(64)52-22-17-14-18-23-52/h13-37,44-46,57,59H,38-43H2,1-12H3. The first kappa shape index (κ1) is 53.5. The van der Waals surface area contributed by atoms with E-state index in [2.05, 4.69) is 172 Å². The van der Waals surface area contributed by atoms with E-state index in [4.69, 9.17) is 28.4 Å². The topological polar surface area (TPSA) is 72.5 Å². The van der Waals surface area contributed by atoms with Crippen molar-refractivity contribution in [1.82, 2.24) is 0 Å². The molecular weight excluding hydrogens is 869 g/mol. The van der Waals surface area contributed by atoms with E-state index < -0.39 is 12.6 Å². The molecule has 0 aromatic heterocycles. The molecule has 0 aliphatic carbocycles. The molecule has 0 heterocycles. The van der Waals surface area contributed by atoms with Gasteiger partial charge in [-0.25, -0.2) is 4.79 Å². The molecule has 0 aliphatic rings. The number of hydrogen-bond donors (Lipinski definition) is 0. The molecule has 372 valence electrons. The van der Waals surface area contributed by atoms with E-state index >= 15 is 0 Å². The number of hydrogen-bond acceptors (Lipinski definition) is 7. The van der Waals surface area contributed by atoms with Crippen molar-refractivity contribution in [3.63, 3.8) is 0 Å². The lowest BCUT2D eigenvalue weighted by molar-refractivity contribution is -0.0784. The lowest BCUT2D eigenvalue weighted by Crippen LogP contribution is -2.34. The lowest BCUT2D eigenvalue weighted by atomic mass is 9.61. The Bertz CT molecular complexity index is 2500. The summed E-state index contributed by atoms with van der Waals surface area (Å²) in [6.45, 7) is 28.1. The molecule has 6 aromatic rings. The number of para-hydroxylation sites is 1. The zero-order valence-electron chi connectivity index (χ0n) is 43.9. The fourth-order valence-corrected chi connectivity index (χ4v) is 10.1. The fourth-order valence-electron chi connectivity index (χ4n) is 10.1. The number of carbonyl (C=O) groups excluding carboxylic acids is 1. The van der Waals surface area contributed by atoms with Gasteiger partial charge in [0.15, 0.2) is 12.6 Å². The summed E-state index contributed by atoms with van der Waals surface area (Å²) >= 11 is 0. The first-order chi connectivity index (χ1) is 33.3. The monoisotopic (exact) mass is 947 g/mol. The number of esters is 1. The lowest BCUT2D eigenvalue weighted by Gasteiger charge is -2.43. The van der Waals surface area contributed by atoms with Crippen LogP contribution in [0.4, 0.5) is 0 Å². The zero-order chi connectivity index (χ0) is 50.5. The van der Waals surface area contributed by atoms with Crippen molar-refractivity contribution < 1.29 is 33.2 Å². The highest BCUT2D eigenvalue weighted by atomic mass is 16.7. The minimum absolute atomic E-state index is 0.0220. The van der Waals surface area contributed by atoms with Gasteiger partial charge in [0.1, 0.15) is 30.5 Å². The van der Waals surface area contributed by atoms with Crippen molar-refractivity contribution in [2.75, 3.05) is 26.4 Å². The molecule has 0 N–H and O–H groups in total. The summed E-state index contributed by atoms with van der Waals surface area (Å²) in [6, 6.07) is 51.6. The highest BCUT2D eigenvalue weighted by Gasteiger charge is 2.39. The van der Waals surface area contributed by atoms with Gasteiger partial charge in [0, 0.05) is 11.1 Å². The van der Waals surface area contributed by atoms with Gasteiger partial charge in [0.05, 0.1) is 18.8 Å². The van der Waals surface area contributed by atoms with Gasteiger partial charge in [-0.15, -0.1) is 0 Å². The highest BCUT2D eigenvalue weighted by molar-refractivity contribution is 5.89. The molecular formula is C63H78O7. The van der Waals surface area contributed by atoms with Crippen molar-refractivity contribution in [3.8, 4) is 39.5 Å². The summed E-state index contributed by atoms with van der Waals surface area (Å²) in [5.74, 6) is 3.26. The largest absolute Gasteiger partial charge is 0.490 e. The molecule has 0 spiro atoms. The van der Waals surface area contributed by atoms with Crippen LogP contribution in [-0.4, -0.2) is 45.0 Å². The molecule has 0 saturated heterocycles. The van der Waals surface area contributed by atoms with E-state index in [1.54, 1.807) is 12.1 Å². The van der Waals surface area contributed by atoms with Gasteiger partial charge >= 0.3 is 5.97 Å². The van der Waals surface area contributed by atoms with E-state index in [0.29, 0.717) is 30.6 Å². The van der Waals surface area contributed by atoms with E-state index in [1.807, 2.05) is 50.2 Å². The molecule has 0 fully saturated rings. The predicted molar refractivity (Wildman–Crippen MR) is 286 cm³/mol. The van der Waals surface area contributed by atoms with Crippen molar-refractivity contribution in [2.45, 2.75) is 120 Å². The second kappa shape index (κ2) is 24.3. The number of benzene rings is 6.